The van der Waals surface area contributed by atoms with E-state index in [1.807, 2.05) is 4.90 Å². The molecular formula is C56H97Cl3N14O15. The number of halogens is 3. The average Bonchev–Trinajstić information content (AvgIpc) is 4.25. The van der Waals surface area contributed by atoms with Crippen molar-refractivity contribution < 1.29 is 84.0 Å². The number of hydrogen-bond donors (Lipinski definition) is 2. The molecule has 0 unspecified atom stereocenters. The number of carbonyl (C=O) groups is 3. The molecule has 0 spiro atoms. The zero-order chi connectivity index (χ0) is 64.6. The van der Waals surface area contributed by atoms with Crippen LogP contribution in [0.2, 0.25) is 5.28 Å². The lowest BCUT2D eigenvalue weighted by Crippen LogP contribution is -3.00. The van der Waals surface area contributed by atoms with Crippen LogP contribution in [-0.4, -0.2) is 250 Å². The molecule has 2 saturated carbocycles. The minimum Gasteiger partial charge on any atom is -1.00 e. The third-order valence-electron chi connectivity index (χ3n) is 13.2. The van der Waals surface area contributed by atoms with E-state index in [0.29, 0.717) is 55.8 Å². The van der Waals surface area contributed by atoms with Gasteiger partial charge < -0.3 is 84.7 Å². The second-order valence-electron chi connectivity index (χ2n) is 20.9. The van der Waals surface area contributed by atoms with Gasteiger partial charge in [0.25, 0.3) is 0 Å². The van der Waals surface area contributed by atoms with Gasteiger partial charge in [-0.05, 0) is 78.4 Å². The fourth-order valence-corrected chi connectivity index (χ4v) is 8.73. The number of hydrogen-bond acceptors (Lipinski definition) is 26. The van der Waals surface area contributed by atoms with Crippen LogP contribution >= 0.6 is 23.2 Å². The largest absolute Gasteiger partial charge is 1.00 e. The van der Waals surface area contributed by atoms with Crippen molar-refractivity contribution in [3.05, 3.63) is 17.6 Å². The van der Waals surface area contributed by atoms with Crippen LogP contribution in [0.5, 0.6) is 36.1 Å². The molecule has 88 heavy (non-hydrogen) atoms. The maximum atomic E-state index is 11.6. The molecular weight excluding hydrogens is 1220 g/mol. The van der Waals surface area contributed by atoms with Crippen LogP contribution in [0.4, 0.5) is 16.7 Å². The first-order valence-electron chi connectivity index (χ1n) is 29.1. The molecule has 3 saturated heterocycles. The first-order valence-corrected chi connectivity index (χ1v) is 30.2. The van der Waals surface area contributed by atoms with Gasteiger partial charge in [0.2, 0.25) is 11.2 Å². The van der Waals surface area contributed by atoms with E-state index in [-0.39, 0.29) is 59.7 Å². The zero-order valence-corrected chi connectivity index (χ0v) is 56.2. The quantitative estimate of drug-likeness (QED) is 0.149. The normalized spacial score (nSPS) is 17.9. The number of quaternary nitrogens is 1. The molecule has 1 amide bonds. The van der Waals surface area contributed by atoms with Crippen molar-refractivity contribution in [1.29, 1.82) is 0 Å². The lowest BCUT2D eigenvalue weighted by molar-refractivity contribution is -0.142. The summed E-state index contributed by atoms with van der Waals surface area (Å²) in [5.41, 5.74) is -0.615. The molecule has 3 aromatic rings. The molecule has 6 aliphatic rings. The third kappa shape index (κ3) is 32.6. The van der Waals surface area contributed by atoms with E-state index in [1.54, 1.807) is 33.8 Å². The number of ether oxygens (including phenoxy) is 11. The molecule has 9 rings (SSSR count). The summed E-state index contributed by atoms with van der Waals surface area (Å²) in [6.07, 6.45) is 18.8. The molecule has 3 aromatic heterocycles. The number of rotatable bonds is 12. The first kappa shape index (κ1) is 80.2. The molecule has 0 radical (unpaired) electrons. The van der Waals surface area contributed by atoms with Gasteiger partial charge in [-0.2, -0.15) is 19.9 Å². The van der Waals surface area contributed by atoms with E-state index in [0.717, 1.165) is 69.5 Å². The summed E-state index contributed by atoms with van der Waals surface area (Å²) in [7, 11) is 13.1. The van der Waals surface area contributed by atoms with E-state index < -0.39 is 23.7 Å². The summed E-state index contributed by atoms with van der Waals surface area (Å²) in [6, 6.07) is 2.26. The van der Waals surface area contributed by atoms with E-state index in [1.165, 1.54) is 126 Å². The van der Waals surface area contributed by atoms with Gasteiger partial charge in [-0.3, -0.25) is 14.2 Å². The van der Waals surface area contributed by atoms with Crippen LogP contribution in [0.25, 0.3) is 0 Å². The Morgan fingerprint density at radius 1 is 0.648 bits per heavy atom. The number of carbonyl (C=O) groups excluding carboxylic acids is 2. The molecule has 32 heteroatoms. The van der Waals surface area contributed by atoms with Gasteiger partial charge in [0, 0.05) is 57.8 Å². The van der Waals surface area contributed by atoms with Gasteiger partial charge in [0.1, 0.15) is 24.7 Å². The van der Waals surface area contributed by atoms with E-state index in [2.05, 4.69) is 85.5 Å². The maximum Gasteiger partial charge on any atom is 0.415 e. The second kappa shape index (κ2) is 45.5. The molecule has 2 N–H and O–H groups in total. The summed E-state index contributed by atoms with van der Waals surface area (Å²) < 4.78 is 55.3. The Hall–Kier alpha value is -5.79. The Kier molecular flexibility index (Phi) is 41.4. The van der Waals surface area contributed by atoms with Crippen molar-refractivity contribution in [1.82, 2.24) is 64.5 Å². The highest BCUT2D eigenvalue weighted by Crippen LogP contribution is 2.25. The molecule has 2 aliphatic carbocycles. The number of esters is 1. The number of carboxylic acids is 1. The SMILES string of the molecule is C1CCC(NC2CCCCC2)CC1.CC(C)(C)OC(=O)N1C=CC[C@H]1C(=O)O.CCOC(C)=O.CCl.CN1CCOCC1.COc1nc(Cl)nc(OC)n1.COc1nc(OC)nc(N2CCOCC2)n1.COc1nc(OC)nc([N+]2(C)CCOCC2)n1.[Cl-]. The number of amides is 1. The van der Waals surface area contributed by atoms with Crippen LogP contribution in [0.15, 0.2) is 12.3 Å². The second-order valence-corrected chi connectivity index (χ2v) is 21.2. The number of nitrogens with one attached hydrogen (secondary N) is 1. The Bertz CT molecular complexity index is 2330. The fraction of sp³-hybridized carbons (Fsp3) is 0.750. The first-order chi connectivity index (χ1) is 41.7. The van der Waals surface area contributed by atoms with Gasteiger partial charge in [0.05, 0.1) is 96.0 Å². The van der Waals surface area contributed by atoms with Crippen LogP contribution in [-0.2, 0) is 33.3 Å². The molecule has 0 bridgehead atoms. The van der Waals surface area contributed by atoms with Crippen LogP contribution in [0.1, 0.15) is 105 Å². The van der Waals surface area contributed by atoms with Crippen molar-refractivity contribution in [3.63, 3.8) is 0 Å². The minimum atomic E-state index is -1.02. The summed E-state index contributed by atoms with van der Waals surface area (Å²) in [5, 5.41) is 12.7. The highest BCUT2D eigenvalue weighted by molar-refractivity contribution is 6.28. The smallest absolute Gasteiger partial charge is 0.415 e. The van der Waals surface area contributed by atoms with Gasteiger partial charge in [0.15, 0.2) is 0 Å². The fourth-order valence-electron chi connectivity index (χ4n) is 8.58. The Morgan fingerprint density at radius 2 is 1.05 bits per heavy atom. The minimum absolute atomic E-state index is 0. The van der Waals surface area contributed by atoms with Crippen molar-refractivity contribution in [2.45, 2.75) is 129 Å². The van der Waals surface area contributed by atoms with Gasteiger partial charge in [-0.25, -0.2) is 9.59 Å². The summed E-state index contributed by atoms with van der Waals surface area (Å²) in [6.45, 7) is 18.8. The number of aromatic nitrogens is 9. The number of methoxy groups -OCH3 is 6. The summed E-state index contributed by atoms with van der Waals surface area (Å²) in [4.78, 5) is 73.4. The highest BCUT2D eigenvalue weighted by atomic mass is 35.5. The number of alkyl halides is 1. The summed E-state index contributed by atoms with van der Waals surface area (Å²) >= 11 is 10.1. The van der Waals surface area contributed by atoms with Gasteiger partial charge in [-0.1, -0.05) is 44.6 Å². The number of aliphatic carboxylic acids is 1. The summed E-state index contributed by atoms with van der Waals surface area (Å²) in [5.74, 6) is -0.0210. The number of likely N-dealkylation sites (N-methyl/N-ethyl adjacent to an activating group) is 2. The molecule has 0 aromatic carbocycles. The number of carboxylic acid groups (broad SMARTS) is 1. The van der Waals surface area contributed by atoms with Crippen molar-refractivity contribution in [2.24, 2.45) is 0 Å². The monoisotopic (exact) mass is 1310 g/mol. The predicted molar refractivity (Wildman–Crippen MR) is 328 cm³/mol. The average molecular weight is 1310 g/mol. The van der Waals surface area contributed by atoms with E-state index >= 15 is 0 Å². The maximum absolute atomic E-state index is 11.6. The van der Waals surface area contributed by atoms with Gasteiger partial charge in [-0.15, -0.1) is 36.5 Å². The number of morpholine rings is 3. The van der Waals surface area contributed by atoms with E-state index in [9.17, 15) is 14.4 Å². The molecule has 1 atom stereocenters. The molecule has 5 fully saturated rings. The number of anilines is 1. The zero-order valence-electron chi connectivity index (χ0n) is 54.0. The van der Waals surface area contributed by atoms with Crippen LogP contribution in [0.3, 0.4) is 0 Å². The Labute approximate surface area is 535 Å². The molecule has 7 heterocycles. The van der Waals surface area contributed by atoms with Crippen LogP contribution < -0.4 is 55.5 Å². The van der Waals surface area contributed by atoms with Crippen LogP contribution in [0, 0.1) is 0 Å². The Morgan fingerprint density at radius 3 is 1.40 bits per heavy atom. The number of nitrogens with zero attached hydrogens (tertiary/aromatic N) is 13. The Balaban J connectivity index is 0.000000521. The van der Waals surface area contributed by atoms with Crippen molar-refractivity contribution in [3.8, 4) is 36.1 Å². The molecule has 4 aliphatic heterocycles. The van der Waals surface area contributed by atoms with Gasteiger partial charge >= 0.3 is 60.0 Å². The van der Waals surface area contributed by atoms with Crippen molar-refractivity contribution in [2.75, 3.05) is 154 Å². The topological polar surface area (TPSA) is 311 Å². The lowest BCUT2D eigenvalue weighted by Gasteiger charge is -2.34. The standard InChI is InChI=1S/C12H23N.C10H17N4O3.C10H15NO4.C9H14N4O3.C5H6ClN3O2.C5H11NO.C4H8O2.CH3Cl.ClH/c1-3-7-11(8-4-1)13-12-9-5-2-6-10-12;1-14(4-6-17-7-5-14)8-11-9(15-2)13-10(12-8)16-3;1-10(2,3)15-9(14)11-6-4-5-7(11)8(12)13;1-14-8-10-7(11-9(12-8)15-2)13-3-5-16-6-4-13;1-10-4-7-3(6)8-5(9-4)11-2;1-6-2-4-7-5-3-6;1-3-6-4(2)5;1-2;/h11-13H,1-10H2;4-7H2,1-3H3;4,6-7H,5H2,1-3H3,(H,12,13);3-6H2,1-2H3;1-2H3;2-5H2,1H3;3H2,1-2H3;1H3;1H/q;+1;;;;;;;/p-1/t;;7-;;;;;;/m..0....../s1. The third-order valence-corrected chi connectivity index (χ3v) is 13.3. The molecule has 29 nitrogen and oxygen atoms in total. The van der Waals surface area contributed by atoms with E-state index in [4.69, 9.17) is 64.1 Å². The predicted octanol–water partition coefficient (Wildman–Crippen LogP) is 3.34. The molecule has 502 valence electrons. The lowest BCUT2D eigenvalue weighted by atomic mass is 9.91. The highest BCUT2D eigenvalue weighted by Gasteiger charge is 2.35. The van der Waals surface area contributed by atoms with Crippen molar-refractivity contribution >= 4 is 53.1 Å².